The van der Waals surface area contributed by atoms with Gasteiger partial charge in [-0.3, -0.25) is 4.79 Å². The number of ketones is 1. The van der Waals surface area contributed by atoms with E-state index in [1.165, 1.54) is 10.9 Å². The summed E-state index contributed by atoms with van der Waals surface area (Å²) < 4.78 is 5.12. The molecule has 116 valence electrons. The molecule has 0 fully saturated rings. The maximum Gasteiger partial charge on any atom is 0.156 e. The summed E-state index contributed by atoms with van der Waals surface area (Å²) in [6.45, 7) is 0. The van der Waals surface area contributed by atoms with Crippen LogP contribution < -0.4 is 4.74 Å². The fourth-order valence-electron chi connectivity index (χ4n) is 2.58. The molecule has 0 saturated heterocycles. The number of para-hydroxylation sites is 1. The minimum Gasteiger partial charge on any atom is -0.497 e. The van der Waals surface area contributed by atoms with E-state index >= 15 is 0 Å². The Bertz CT molecular complexity index is 828. The van der Waals surface area contributed by atoms with Crippen molar-refractivity contribution in [2.75, 3.05) is 7.11 Å². The van der Waals surface area contributed by atoms with Crippen molar-refractivity contribution in [2.24, 2.45) is 0 Å². The van der Waals surface area contributed by atoms with Crippen molar-refractivity contribution in [3.8, 4) is 5.75 Å². The van der Waals surface area contributed by atoms with Gasteiger partial charge in [0.2, 0.25) is 0 Å². The number of aromatic amines is 1. The van der Waals surface area contributed by atoms with Crippen molar-refractivity contribution in [2.45, 2.75) is 12.8 Å². The van der Waals surface area contributed by atoms with Crippen LogP contribution in [0.2, 0.25) is 0 Å². The fraction of sp³-hybridized carbons (Fsp3) is 0.150. The zero-order chi connectivity index (χ0) is 16.1. The highest BCUT2D eigenvalue weighted by molar-refractivity contribution is 5.94. The van der Waals surface area contributed by atoms with Crippen LogP contribution in [0.1, 0.15) is 17.5 Å². The average Bonchev–Trinajstić information content (AvgIpc) is 3.02. The highest BCUT2D eigenvalue weighted by atomic mass is 16.5. The van der Waals surface area contributed by atoms with Crippen LogP contribution in [-0.4, -0.2) is 17.9 Å². The van der Waals surface area contributed by atoms with Gasteiger partial charge in [0.1, 0.15) is 5.75 Å². The molecule has 23 heavy (non-hydrogen) atoms. The lowest BCUT2D eigenvalue weighted by atomic mass is 10.1. The Morgan fingerprint density at radius 3 is 2.70 bits per heavy atom. The van der Waals surface area contributed by atoms with Crippen molar-refractivity contribution >= 4 is 22.8 Å². The Labute approximate surface area is 135 Å². The van der Waals surface area contributed by atoms with E-state index in [2.05, 4.69) is 11.1 Å². The van der Waals surface area contributed by atoms with E-state index in [1.54, 1.807) is 13.2 Å². The van der Waals surface area contributed by atoms with Crippen LogP contribution in [0.5, 0.6) is 5.75 Å². The lowest BCUT2D eigenvalue weighted by molar-refractivity contribution is -0.114. The van der Waals surface area contributed by atoms with Crippen molar-refractivity contribution < 1.29 is 9.53 Å². The van der Waals surface area contributed by atoms with Gasteiger partial charge in [0.25, 0.3) is 0 Å². The van der Waals surface area contributed by atoms with Gasteiger partial charge in [0.15, 0.2) is 5.78 Å². The van der Waals surface area contributed by atoms with Gasteiger partial charge in [-0.1, -0.05) is 36.4 Å². The second kappa shape index (κ2) is 6.97. The van der Waals surface area contributed by atoms with Crippen LogP contribution in [0.25, 0.3) is 17.0 Å². The molecule has 3 rings (SSSR count). The molecule has 3 heteroatoms. The van der Waals surface area contributed by atoms with Crippen LogP contribution in [-0.2, 0) is 11.2 Å². The molecule has 0 bridgehead atoms. The lowest BCUT2D eigenvalue weighted by Gasteiger charge is -1.99. The minimum absolute atomic E-state index is 0.131. The zero-order valence-electron chi connectivity index (χ0n) is 13.1. The Morgan fingerprint density at radius 2 is 1.91 bits per heavy atom. The molecule has 3 nitrogen and oxygen atoms in total. The van der Waals surface area contributed by atoms with E-state index in [-0.39, 0.29) is 5.78 Å². The van der Waals surface area contributed by atoms with E-state index in [0.29, 0.717) is 6.42 Å². The standard InChI is InChI=1S/C20H19NO2/c1-23-18-12-7-15(8-13-18)6-10-17(22)11-9-16-14-21-20-5-3-2-4-19(16)20/h2-8,10,12-14,21H,9,11H2,1H3/b10-6+. The van der Waals surface area contributed by atoms with Crippen molar-refractivity contribution in [1.82, 2.24) is 4.98 Å². The first-order chi connectivity index (χ1) is 11.3. The normalized spacial score (nSPS) is 11.2. The monoisotopic (exact) mass is 305 g/mol. The Balaban J connectivity index is 1.59. The largest absolute Gasteiger partial charge is 0.497 e. The summed E-state index contributed by atoms with van der Waals surface area (Å²) in [6, 6.07) is 15.8. The van der Waals surface area contributed by atoms with Crippen molar-refractivity contribution in [3.63, 3.8) is 0 Å². The van der Waals surface area contributed by atoms with Gasteiger partial charge in [-0.2, -0.15) is 0 Å². The third-order valence-electron chi connectivity index (χ3n) is 3.89. The van der Waals surface area contributed by atoms with Crippen LogP contribution in [0.3, 0.4) is 0 Å². The number of hydrogen-bond acceptors (Lipinski definition) is 2. The number of methoxy groups -OCH3 is 1. The summed E-state index contributed by atoms with van der Waals surface area (Å²) in [5.41, 5.74) is 3.29. The second-order valence-electron chi connectivity index (χ2n) is 5.43. The SMILES string of the molecule is COc1ccc(/C=C/C(=O)CCc2c[nH]c3ccccc23)cc1. The number of allylic oxidation sites excluding steroid dienone is 1. The molecule has 0 unspecified atom stereocenters. The molecule has 0 spiro atoms. The Hall–Kier alpha value is -2.81. The minimum atomic E-state index is 0.131. The highest BCUT2D eigenvalue weighted by Gasteiger charge is 2.04. The van der Waals surface area contributed by atoms with Crippen LogP contribution in [0, 0.1) is 0 Å². The lowest BCUT2D eigenvalue weighted by Crippen LogP contribution is -1.95. The first-order valence-corrected chi connectivity index (χ1v) is 7.66. The predicted molar refractivity (Wildman–Crippen MR) is 93.7 cm³/mol. The van der Waals surface area contributed by atoms with E-state index in [0.717, 1.165) is 23.3 Å². The molecule has 1 aromatic heterocycles. The molecule has 0 aliphatic rings. The number of benzene rings is 2. The maximum absolute atomic E-state index is 12.0. The number of H-pyrrole nitrogens is 1. The number of ether oxygens (including phenoxy) is 1. The molecule has 0 saturated carbocycles. The smallest absolute Gasteiger partial charge is 0.156 e. The third kappa shape index (κ3) is 3.69. The van der Waals surface area contributed by atoms with Crippen LogP contribution in [0.4, 0.5) is 0 Å². The molecule has 1 N–H and O–H groups in total. The molecular formula is C20H19NO2. The third-order valence-corrected chi connectivity index (χ3v) is 3.89. The molecule has 0 aliphatic carbocycles. The number of hydrogen-bond donors (Lipinski definition) is 1. The molecule has 0 amide bonds. The topological polar surface area (TPSA) is 42.1 Å². The number of nitrogens with one attached hydrogen (secondary N) is 1. The van der Waals surface area contributed by atoms with Gasteiger partial charge in [-0.05, 0) is 41.8 Å². The summed E-state index contributed by atoms with van der Waals surface area (Å²) in [4.78, 5) is 15.3. The quantitative estimate of drug-likeness (QED) is 0.686. The number of fused-ring (bicyclic) bond motifs is 1. The van der Waals surface area contributed by atoms with E-state index in [9.17, 15) is 4.79 Å². The number of rotatable bonds is 6. The van der Waals surface area contributed by atoms with E-state index in [1.807, 2.05) is 54.7 Å². The molecule has 0 atom stereocenters. The molecule has 1 heterocycles. The predicted octanol–water partition coefficient (Wildman–Crippen LogP) is 4.39. The highest BCUT2D eigenvalue weighted by Crippen LogP contribution is 2.19. The molecular weight excluding hydrogens is 286 g/mol. The maximum atomic E-state index is 12.0. The summed E-state index contributed by atoms with van der Waals surface area (Å²) in [5.74, 6) is 0.943. The Kier molecular flexibility index (Phi) is 4.57. The number of carbonyl (C=O) groups excluding carboxylic acids is 1. The Morgan fingerprint density at radius 1 is 1.13 bits per heavy atom. The van der Waals surface area contributed by atoms with E-state index in [4.69, 9.17) is 4.74 Å². The first-order valence-electron chi connectivity index (χ1n) is 7.66. The summed E-state index contributed by atoms with van der Waals surface area (Å²) >= 11 is 0. The number of aromatic nitrogens is 1. The van der Waals surface area contributed by atoms with Gasteiger partial charge in [0, 0.05) is 23.5 Å². The number of carbonyl (C=O) groups is 1. The second-order valence-corrected chi connectivity index (χ2v) is 5.43. The van der Waals surface area contributed by atoms with Crippen LogP contribution >= 0.6 is 0 Å². The fourth-order valence-corrected chi connectivity index (χ4v) is 2.58. The molecule has 0 radical (unpaired) electrons. The van der Waals surface area contributed by atoms with Gasteiger partial charge >= 0.3 is 0 Å². The molecule has 3 aromatic rings. The van der Waals surface area contributed by atoms with Gasteiger partial charge in [-0.25, -0.2) is 0 Å². The van der Waals surface area contributed by atoms with Crippen molar-refractivity contribution in [3.05, 3.63) is 71.9 Å². The summed E-state index contributed by atoms with van der Waals surface area (Å²) in [5, 5.41) is 1.19. The number of aryl methyl sites for hydroxylation is 1. The van der Waals surface area contributed by atoms with E-state index < -0.39 is 0 Å². The van der Waals surface area contributed by atoms with Gasteiger partial charge < -0.3 is 9.72 Å². The zero-order valence-corrected chi connectivity index (χ0v) is 13.1. The molecule has 2 aromatic carbocycles. The van der Waals surface area contributed by atoms with Crippen LogP contribution in [0.15, 0.2) is 60.8 Å². The van der Waals surface area contributed by atoms with Gasteiger partial charge in [0.05, 0.1) is 7.11 Å². The van der Waals surface area contributed by atoms with Crippen molar-refractivity contribution in [1.29, 1.82) is 0 Å². The van der Waals surface area contributed by atoms with Gasteiger partial charge in [-0.15, -0.1) is 0 Å². The summed E-state index contributed by atoms with van der Waals surface area (Å²) in [7, 11) is 1.64. The first kappa shape index (κ1) is 15.1. The average molecular weight is 305 g/mol. The summed E-state index contributed by atoms with van der Waals surface area (Å²) in [6.07, 6.45) is 6.74. The molecule has 0 aliphatic heterocycles.